The van der Waals surface area contributed by atoms with Crippen LogP contribution in [0.2, 0.25) is 0 Å². The van der Waals surface area contributed by atoms with Crippen molar-refractivity contribution in [1.29, 1.82) is 0 Å². The number of amides is 2. The molecule has 3 aromatic carbocycles. The van der Waals surface area contributed by atoms with Crippen LogP contribution in [0.4, 0.5) is 5.69 Å². The Morgan fingerprint density at radius 3 is 2.20 bits per heavy atom. The highest BCUT2D eigenvalue weighted by Crippen LogP contribution is 2.45. The summed E-state index contributed by atoms with van der Waals surface area (Å²) >= 11 is 0. The van der Waals surface area contributed by atoms with Gasteiger partial charge in [0.05, 0.1) is 17.1 Å². The number of allylic oxidation sites excluding steroid dienone is 1. The molecule has 13 heteroatoms. The summed E-state index contributed by atoms with van der Waals surface area (Å²) in [6, 6.07) is 18.6. The first-order valence-electron chi connectivity index (χ1n) is 19.0. The fourth-order valence-electron chi connectivity index (χ4n) is 6.57. The van der Waals surface area contributed by atoms with Crippen molar-refractivity contribution in [3.63, 3.8) is 0 Å². The monoisotopic (exact) mass is 784 g/mol. The van der Waals surface area contributed by atoms with Crippen molar-refractivity contribution in [2.45, 2.75) is 62.3 Å². The highest BCUT2D eigenvalue weighted by atomic mass is 32.2. The Labute approximate surface area is 330 Å². The summed E-state index contributed by atoms with van der Waals surface area (Å²) < 4.78 is 35.8. The SMILES string of the molecule is CN(C)c1ccc2c(c1)OC1=CC(N(C)C)C=CC1=C2c1ccc(C(=O)NCCNC(=O)CCCCCCCCCOS(=O)(=O)c2ccccc2)cc1C(=O)O. The summed E-state index contributed by atoms with van der Waals surface area (Å²) in [5.41, 5.74) is 3.83. The zero-order valence-electron chi connectivity index (χ0n) is 32.5. The Hall–Kier alpha value is -5.24. The molecule has 0 spiro atoms. The number of likely N-dealkylation sites (N-methyl/N-ethyl adjacent to an activating group) is 1. The quantitative estimate of drug-likeness (QED) is 0.0867. The molecule has 298 valence electrons. The van der Waals surface area contributed by atoms with E-state index >= 15 is 0 Å². The lowest BCUT2D eigenvalue weighted by molar-refractivity contribution is -0.121. The van der Waals surface area contributed by atoms with E-state index in [4.69, 9.17) is 8.92 Å². The number of nitrogens with one attached hydrogen (secondary N) is 2. The van der Waals surface area contributed by atoms with Gasteiger partial charge in [-0.2, -0.15) is 8.42 Å². The number of hydrogen-bond donors (Lipinski definition) is 3. The Balaban J connectivity index is 1.07. The predicted molar refractivity (Wildman–Crippen MR) is 217 cm³/mol. The Morgan fingerprint density at radius 1 is 0.821 bits per heavy atom. The first-order valence-corrected chi connectivity index (χ1v) is 20.4. The number of anilines is 1. The van der Waals surface area contributed by atoms with Crippen LogP contribution in [0, 0.1) is 0 Å². The summed E-state index contributed by atoms with van der Waals surface area (Å²) in [6.07, 6.45) is 12.5. The lowest BCUT2D eigenvalue weighted by Gasteiger charge is -2.31. The van der Waals surface area contributed by atoms with E-state index in [1.807, 2.05) is 69.5 Å². The van der Waals surface area contributed by atoms with Gasteiger partial charge in [-0.25, -0.2) is 4.79 Å². The highest BCUT2D eigenvalue weighted by molar-refractivity contribution is 7.86. The van der Waals surface area contributed by atoms with Crippen LogP contribution in [0.1, 0.15) is 83.2 Å². The van der Waals surface area contributed by atoms with E-state index in [0.29, 0.717) is 35.5 Å². The molecular weight excluding hydrogens is 733 g/mol. The van der Waals surface area contributed by atoms with Crippen molar-refractivity contribution >= 4 is 39.2 Å². The molecular formula is C43H52N4O8S. The predicted octanol–water partition coefficient (Wildman–Crippen LogP) is 6.40. The molecule has 2 amide bonds. The van der Waals surface area contributed by atoms with Gasteiger partial charge in [0.25, 0.3) is 16.0 Å². The first kappa shape index (κ1) is 41.9. The number of carbonyl (C=O) groups excluding carboxylic acids is 2. The zero-order chi connectivity index (χ0) is 40.2. The maximum absolute atomic E-state index is 13.1. The van der Waals surface area contributed by atoms with Crippen molar-refractivity contribution in [2.24, 2.45) is 0 Å². The summed E-state index contributed by atoms with van der Waals surface area (Å²) in [7, 11) is 4.12. The maximum Gasteiger partial charge on any atom is 0.336 e. The fraction of sp³-hybridized carbons (Fsp3) is 0.372. The number of carbonyl (C=O) groups is 3. The standard InChI is InChI=1S/C43H52N4O8S/c1-46(2)31-19-22-35-38(28-31)55-39-29-32(47(3)4)20-23-36(39)41(35)34-21-18-30(27-37(34)43(50)51)42(49)45-25-24-44-40(48)17-13-8-6-5-7-9-14-26-54-56(52,53)33-15-11-10-12-16-33/h10-12,15-16,18-23,27-29,31H,5-9,13-14,17,24-26H2,1-4H3,(H,44,48)(H,45,49)(H,50,51). The Kier molecular flexibility index (Phi) is 14.6. The summed E-state index contributed by atoms with van der Waals surface area (Å²) in [5, 5.41) is 16.0. The summed E-state index contributed by atoms with van der Waals surface area (Å²) in [4.78, 5) is 42.4. The van der Waals surface area contributed by atoms with E-state index in [0.717, 1.165) is 55.3 Å². The molecule has 1 atom stereocenters. The molecule has 5 rings (SSSR count). The molecule has 2 aliphatic rings. The second-order valence-electron chi connectivity index (χ2n) is 14.3. The van der Waals surface area contributed by atoms with Crippen LogP contribution in [-0.4, -0.2) is 90.1 Å². The van der Waals surface area contributed by atoms with Crippen LogP contribution in [0.25, 0.3) is 5.57 Å². The number of hydrogen-bond acceptors (Lipinski definition) is 9. The van der Waals surface area contributed by atoms with E-state index in [9.17, 15) is 27.9 Å². The summed E-state index contributed by atoms with van der Waals surface area (Å²) in [6.45, 7) is 0.588. The van der Waals surface area contributed by atoms with Gasteiger partial charge >= 0.3 is 5.97 Å². The minimum Gasteiger partial charge on any atom is -0.478 e. The van der Waals surface area contributed by atoms with E-state index in [-0.39, 0.29) is 47.7 Å². The van der Waals surface area contributed by atoms with Crippen LogP contribution >= 0.6 is 0 Å². The van der Waals surface area contributed by atoms with E-state index in [1.54, 1.807) is 30.3 Å². The maximum atomic E-state index is 13.1. The van der Waals surface area contributed by atoms with Gasteiger partial charge in [0.15, 0.2) is 0 Å². The minimum absolute atomic E-state index is 0.0000671. The van der Waals surface area contributed by atoms with Gasteiger partial charge in [0.2, 0.25) is 5.91 Å². The van der Waals surface area contributed by atoms with Gasteiger partial charge in [-0.3, -0.25) is 18.7 Å². The molecule has 0 bridgehead atoms. The van der Waals surface area contributed by atoms with Crippen LogP contribution in [0.3, 0.4) is 0 Å². The molecule has 0 saturated heterocycles. The number of aromatic carboxylic acids is 1. The number of fused-ring (bicyclic) bond motifs is 2. The smallest absolute Gasteiger partial charge is 0.336 e. The molecule has 1 heterocycles. The number of nitrogens with zero attached hydrogens (tertiary/aromatic N) is 2. The first-order chi connectivity index (χ1) is 26.9. The normalized spacial score (nSPS) is 14.7. The minimum atomic E-state index is -3.71. The van der Waals surface area contributed by atoms with Gasteiger partial charge in [-0.05, 0) is 75.0 Å². The zero-order valence-corrected chi connectivity index (χ0v) is 33.4. The Bertz CT molecular complexity index is 2090. The number of benzene rings is 3. The molecule has 0 radical (unpaired) electrons. The molecule has 1 aliphatic heterocycles. The summed E-state index contributed by atoms with van der Waals surface area (Å²) in [5.74, 6) is -0.445. The average Bonchev–Trinajstić information content (AvgIpc) is 3.18. The lowest BCUT2D eigenvalue weighted by atomic mass is 9.84. The van der Waals surface area contributed by atoms with Crippen LogP contribution < -0.4 is 20.3 Å². The molecule has 1 aliphatic carbocycles. The van der Waals surface area contributed by atoms with Crippen LogP contribution in [0.15, 0.2) is 101 Å². The Morgan fingerprint density at radius 2 is 1.50 bits per heavy atom. The van der Waals surface area contributed by atoms with Crippen molar-refractivity contribution in [1.82, 2.24) is 15.5 Å². The van der Waals surface area contributed by atoms with E-state index in [2.05, 4.69) is 15.5 Å². The van der Waals surface area contributed by atoms with E-state index in [1.165, 1.54) is 18.2 Å². The number of carboxylic acid groups (broad SMARTS) is 1. The third kappa shape index (κ3) is 11.0. The number of ether oxygens (including phenoxy) is 1. The van der Waals surface area contributed by atoms with Crippen molar-refractivity contribution in [3.8, 4) is 5.75 Å². The van der Waals surface area contributed by atoms with Gasteiger partial charge in [0.1, 0.15) is 11.5 Å². The largest absolute Gasteiger partial charge is 0.478 e. The topological polar surface area (TPSA) is 155 Å². The third-order valence-corrected chi connectivity index (χ3v) is 11.0. The van der Waals surface area contributed by atoms with Gasteiger partial charge in [0, 0.05) is 73.7 Å². The molecule has 0 aromatic heterocycles. The van der Waals surface area contributed by atoms with Gasteiger partial charge < -0.3 is 25.4 Å². The number of carboxylic acids is 1. The number of rotatable bonds is 20. The van der Waals surface area contributed by atoms with Gasteiger partial charge in [-0.1, -0.05) is 68.5 Å². The lowest BCUT2D eigenvalue weighted by Crippen LogP contribution is -2.34. The average molecular weight is 785 g/mol. The van der Waals surface area contributed by atoms with Crippen molar-refractivity contribution < 1.29 is 36.8 Å². The van der Waals surface area contributed by atoms with E-state index < -0.39 is 22.0 Å². The molecule has 0 fully saturated rings. The second-order valence-corrected chi connectivity index (χ2v) is 15.9. The van der Waals surface area contributed by atoms with Crippen LogP contribution in [-0.2, 0) is 19.1 Å². The molecule has 3 N–H and O–H groups in total. The molecule has 12 nitrogen and oxygen atoms in total. The molecule has 1 unspecified atom stereocenters. The second kappa shape index (κ2) is 19.6. The molecule has 3 aromatic rings. The third-order valence-electron chi connectivity index (χ3n) is 9.72. The van der Waals surface area contributed by atoms with Crippen LogP contribution in [0.5, 0.6) is 5.75 Å². The fourth-order valence-corrected chi connectivity index (χ4v) is 7.54. The highest BCUT2D eigenvalue weighted by Gasteiger charge is 2.30. The molecule has 56 heavy (non-hydrogen) atoms. The molecule has 0 saturated carbocycles. The number of unbranched alkanes of at least 4 members (excludes halogenated alkanes) is 6. The van der Waals surface area contributed by atoms with Gasteiger partial charge in [-0.15, -0.1) is 0 Å². The van der Waals surface area contributed by atoms with Crippen molar-refractivity contribution in [2.75, 3.05) is 52.8 Å². The van der Waals surface area contributed by atoms with Crippen molar-refractivity contribution in [3.05, 3.63) is 119 Å².